The lowest BCUT2D eigenvalue weighted by Crippen LogP contribution is -2.33. The summed E-state index contributed by atoms with van der Waals surface area (Å²) in [6.45, 7) is 6.34. The molecule has 2 nitrogen and oxygen atoms in total. The molecule has 1 amide bonds. The quantitative estimate of drug-likeness (QED) is 0.627. The standard InChI is InChI=1S/C15H29NO/c1-3-5-11-16(12-6-4-2)15(17)13-14-9-7-8-10-14/h14H,3-13H2,1-2H3. The highest BCUT2D eigenvalue weighted by Gasteiger charge is 2.21. The number of amides is 1. The third kappa shape index (κ3) is 5.56. The molecule has 2 heteroatoms. The highest BCUT2D eigenvalue weighted by molar-refractivity contribution is 5.76. The Morgan fingerprint density at radius 1 is 1.06 bits per heavy atom. The van der Waals surface area contributed by atoms with E-state index in [-0.39, 0.29) is 0 Å². The largest absolute Gasteiger partial charge is 0.343 e. The summed E-state index contributed by atoms with van der Waals surface area (Å²) in [4.78, 5) is 14.4. The molecule has 0 unspecified atom stereocenters. The number of carbonyl (C=O) groups is 1. The lowest BCUT2D eigenvalue weighted by Gasteiger charge is -2.24. The van der Waals surface area contributed by atoms with Crippen LogP contribution in [0.2, 0.25) is 0 Å². The van der Waals surface area contributed by atoms with Gasteiger partial charge in [0.15, 0.2) is 0 Å². The molecule has 0 atom stereocenters. The van der Waals surface area contributed by atoms with Crippen LogP contribution >= 0.6 is 0 Å². The Kier molecular flexibility index (Phi) is 7.30. The molecule has 0 saturated heterocycles. The molecule has 0 aromatic rings. The summed E-state index contributed by atoms with van der Waals surface area (Å²) in [5.41, 5.74) is 0. The van der Waals surface area contributed by atoms with Crippen LogP contribution in [-0.2, 0) is 4.79 Å². The van der Waals surface area contributed by atoms with Gasteiger partial charge in [0, 0.05) is 19.5 Å². The first-order chi connectivity index (χ1) is 8.27. The molecule has 0 bridgehead atoms. The van der Waals surface area contributed by atoms with Gasteiger partial charge in [-0.25, -0.2) is 0 Å². The topological polar surface area (TPSA) is 20.3 Å². The molecule has 0 heterocycles. The van der Waals surface area contributed by atoms with Gasteiger partial charge in [0.2, 0.25) is 5.91 Å². The van der Waals surface area contributed by atoms with Crippen LogP contribution in [0.3, 0.4) is 0 Å². The number of unbranched alkanes of at least 4 members (excludes halogenated alkanes) is 2. The second-order valence-corrected chi connectivity index (χ2v) is 5.44. The highest BCUT2D eigenvalue weighted by atomic mass is 16.2. The SMILES string of the molecule is CCCCN(CCCC)C(=O)CC1CCCC1. The normalized spacial score (nSPS) is 16.4. The number of hydrogen-bond acceptors (Lipinski definition) is 1. The van der Waals surface area contributed by atoms with Crippen molar-refractivity contribution in [3.8, 4) is 0 Å². The maximum absolute atomic E-state index is 12.2. The molecule has 100 valence electrons. The molecule has 0 aromatic heterocycles. The van der Waals surface area contributed by atoms with E-state index in [0.29, 0.717) is 11.8 Å². The van der Waals surface area contributed by atoms with E-state index in [4.69, 9.17) is 0 Å². The van der Waals surface area contributed by atoms with Crippen molar-refractivity contribution >= 4 is 5.91 Å². The first-order valence-electron chi connectivity index (χ1n) is 7.55. The van der Waals surface area contributed by atoms with Gasteiger partial charge in [-0.05, 0) is 31.6 Å². The Bertz CT molecular complexity index is 201. The van der Waals surface area contributed by atoms with Crippen molar-refractivity contribution in [3.63, 3.8) is 0 Å². The van der Waals surface area contributed by atoms with E-state index in [2.05, 4.69) is 18.7 Å². The zero-order chi connectivity index (χ0) is 12.5. The fraction of sp³-hybridized carbons (Fsp3) is 0.933. The zero-order valence-electron chi connectivity index (χ0n) is 11.7. The lowest BCUT2D eigenvalue weighted by atomic mass is 10.0. The van der Waals surface area contributed by atoms with Gasteiger partial charge in [-0.15, -0.1) is 0 Å². The van der Waals surface area contributed by atoms with Crippen molar-refractivity contribution in [1.82, 2.24) is 4.90 Å². The second kappa shape index (κ2) is 8.54. The molecule has 1 fully saturated rings. The summed E-state index contributed by atoms with van der Waals surface area (Å²) >= 11 is 0. The Labute approximate surface area is 107 Å². The Balaban J connectivity index is 2.34. The smallest absolute Gasteiger partial charge is 0.222 e. The Morgan fingerprint density at radius 2 is 1.59 bits per heavy atom. The molecule has 0 aromatic carbocycles. The fourth-order valence-electron chi connectivity index (χ4n) is 2.65. The molecule has 0 aliphatic heterocycles. The summed E-state index contributed by atoms with van der Waals surface area (Å²) in [6.07, 6.45) is 10.7. The van der Waals surface area contributed by atoms with E-state index in [1.807, 2.05) is 0 Å². The molecule has 1 saturated carbocycles. The van der Waals surface area contributed by atoms with Gasteiger partial charge in [0.1, 0.15) is 0 Å². The Hall–Kier alpha value is -0.530. The van der Waals surface area contributed by atoms with Gasteiger partial charge in [0.05, 0.1) is 0 Å². The van der Waals surface area contributed by atoms with Crippen LogP contribution in [-0.4, -0.2) is 23.9 Å². The predicted molar refractivity (Wildman–Crippen MR) is 73.0 cm³/mol. The van der Waals surface area contributed by atoms with Crippen LogP contribution in [0.5, 0.6) is 0 Å². The van der Waals surface area contributed by atoms with Gasteiger partial charge in [-0.2, -0.15) is 0 Å². The van der Waals surface area contributed by atoms with Crippen molar-refractivity contribution in [2.75, 3.05) is 13.1 Å². The average Bonchev–Trinajstić information content (AvgIpc) is 2.82. The van der Waals surface area contributed by atoms with Crippen molar-refractivity contribution < 1.29 is 4.79 Å². The van der Waals surface area contributed by atoms with Gasteiger partial charge in [-0.3, -0.25) is 4.79 Å². The monoisotopic (exact) mass is 239 g/mol. The summed E-state index contributed by atoms with van der Waals surface area (Å²) in [5, 5.41) is 0. The van der Waals surface area contributed by atoms with Gasteiger partial charge in [-0.1, -0.05) is 39.5 Å². The number of hydrogen-bond donors (Lipinski definition) is 0. The van der Waals surface area contributed by atoms with E-state index >= 15 is 0 Å². The summed E-state index contributed by atoms with van der Waals surface area (Å²) < 4.78 is 0. The van der Waals surface area contributed by atoms with E-state index in [0.717, 1.165) is 32.4 Å². The molecule has 0 N–H and O–H groups in total. The molecule has 1 aliphatic carbocycles. The molecule has 0 spiro atoms. The molecular weight excluding hydrogens is 210 g/mol. The first-order valence-corrected chi connectivity index (χ1v) is 7.55. The van der Waals surface area contributed by atoms with Crippen molar-refractivity contribution in [1.29, 1.82) is 0 Å². The average molecular weight is 239 g/mol. The van der Waals surface area contributed by atoms with Gasteiger partial charge in [0.25, 0.3) is 0 Å². The van der Waals surface area contributed by atoms with Crippen LogP contribution < -0.4 is 0 Å². The molecule has 17 heavy (non-hydrogen) atoms. The fourth-order valence-corrected chi connectivity index (χ4v) is 2.65. The maximum atomic E-state index is 12.2. The zero-order valence-corrected chi connectivity index (χ0v) is 11.7. The predicted octanol–water partition coefficient (Wildman–Crippen LogP) is 4.00. The van der Waals surface area contributed by atoms with E-state index in [1.54, 1.807) is 0 Å². The molecular formula is C15H29NO. The maximum Gasteiger partial charge on any atom is 0.222 e. The van der Waals surface area contributed by atoms with Crippen LogP contribution in [0.4, 0.5) is 0 Å². The lowest BCUT2D eigenvalue weighted by molar-refractivity contribution is -0.132. The van der Waals surface area contributed by atoms with Crippen molar-refractivity contribution in [3.05, 3.63) is 0 Å². The van der Waals surface area contributed by atoms with Crippen LogP contribution in [0.25, 0.3) is 0 Å². The minimum Gasteiger partial charge on any atom is -0.343 e. The Morgan fingerprint density at radius 3 is 2.06 bits per heavy atom. The highest BCUT2D eigenvalue weighted by Crippen LogP contribution is 2.28. The number of rotatable bonds is 8. The van der Waals surface area contributed by atoms with Gasteiger partial charge < -0.3 is 4.90 Å². The van der Waals surface area contributed by atoms with E-state index < -0.39 is 0 Å². The van der Waals surface area contributed by atoms with Crippen LogP contribution in [0.1, 0.15) is 71.6 Å². The van der Waals surface area contributed by atoms with Crippen molar-refractivity contribution in [2.45, 2.75) is 71.6 Å². The first kappa shape index (κ1) is 14.5. The van der Waals surface area contributed by atoms with Crippen LogP contribution in [0.15, 0.2) is 0 Å². The van der Waals surface area contributed by atoms with E-state index in [9.17, 15) is 4.79 Å². The van der Waals surface area contributed by atoms with Crippen molar-refractivity contribution in [2.24, 2.45) is 5.92 Å². The second-order valence-electron chi connectivity index (χ2n) is 5.44. The number of carbonyl (C=O) groups excluding carboxylic acids is 1. The minimum absolute atomic E-state index is 0.416. The van der Waals surface area contributed by atoms with E-state index in [1.165, 1.54) is 38.5 Å². The van der Waals surface area contributed by atoms with Crippen LogP contribution in [0, 0.1) is 5.92 Å². The third-order valence-electron chi connectivity index (χ3n) is 3.85. The summed E-state index contributed by atoms with van der Waals surface area (Å²) in [6, 6.07) is 0. The summed E-state index contributed by atoms with van der Waals surface area (Å²) in [5.74, 6) is 1.10. The molecule has 1 rings (SSSR count). The minimum atomic E-state index is 0.416. The third-order valence-corrected chi connectivity index (χ3v) is 3.85. The van der Waals surface area contributed by atoms with Gasteiger partial charge >= 0.3 is 0 Å². The molecule has 0 radical (unpaired) electrons. The molecule has 1 aliphatic rings. The number of nitrogens with zero attached hydrogens (tertiary/aromatic N) is 1. The summed E-state index contributed by atoms with van der Waals surface area (Å²) in [7, 11) is 0.